The summed E-state index contributed by atoms with van der Waals surface area (Å²) in [5.74, 6) is -1.64. The van der Waals surface area contributed by atoms with Crippen molar-refractivity contribution < 1.29 is 30.9 Å². The summed E-state index contributed by atoms with van der Waals surface area (Å²) in [5.41, 5.74) is 1.55. The molecule has 0 heterocycles. The van der Waals surface area contributed by atoms with Crippen LogP contribution in [0.4, 0.5) is 13.2 Å². The van der Waals surface area contributed by atoms with E-state index in [-0.39, 0.29) is 5.75 Å². The van der Waals surface area contributed by atoms with Crippen LogP contribution in [0, 0.1) is 14.3 Å². The molecule has 0 saturated carbocycles. The first-order valence-electron chi connectivity index (χ1n) is 5.87. The van der Waals surface area contributed by atoms with Gasteiger partial charge in [0.1, 0.15) is 11.5 Å². The fourth-order valence-electron chi connectivity index (χ4n) is 1.62. The molecule has 12 heteroatoms. The highest BCUT2D eigenvalue weighted by Crippen LogP contribution is 2.41. The predicted octanol–water partition coefficient (Wildman–Crippen LogP) is 5.34. The van der Waals surface area contributed by atoms with Crippen LogP contribution in [0.2, 0.25) is 0 Å². The second kappa shape index (κ2) is 8.59. The molecule has 136 valence electrons. The lowest BCUT2D eigenvalue weighted by Crippen LogP contribution is -2.40. The third-order valence-corrected chi connectivity index (χ3v) is 9.64. The van der Waals surface area contributed by atoms with E-state index in [1.165, 1.54) is 0 Å². The van der Waals surface area contributed by atoms with Gasteiger partial charge in [-0.05, 0) is 103 Å². The lowest BCUT2D eigenvalue weighted by Gasteiger charge is -2.24. The summed E-state index contributed by atoms with van der Waals surface area (Å²) >= 11 is 7.65. The second-order valence-electron chi connectivity index (χ2n) is 4.64. The molecule has 1 unspecified atom stereocenters. The maximum Gasteiger partial charge on any atom is 0.426 e. The quantitative estimate of drug-likeness (QED) is 0.248. The number of rotatable bonds is 5. The number of allylic oxidation sites excluding steroid dienone is 1. The monoisotopic (exact) mass is 814 g/mol. The van der Waals surface area contributed by atoms with Gasteiger partial charge < -0.3 is 4.74 Å². The van der Waals surface area contributed by atoms with Crippen molar-refractivity contribution in [3.63, 3.8) is 0 Å². The minimum atomic E-state index is -4.95. The first kappa shape index (κ1) is 23.4. The van der Waals surface area contributed by atoms with E-state index in [1.54, 1.807) is 6.92 Å². The van der Waals surface area contributed by atoms with Crippen LogP contribution in [-0.2, 0) is 10.1 Å². The van der Waals surface area contributed by atoms with Gasteiger partial charge in [-0.2, -0.15) is 21.6 Å². The average molecular weight is 814 g/mol. The zero-order chi connectivity index (χ0) is 19.0. The molecule has 4 nitrogen and oxygen atoms in total. The summed E-state index contributed by atoms with van der Waals surface area (Å²) in [6.45, 7) is 5.64. The first-order chi connectivity index (χ1) is 10.7. The molecule has 1 aromatic rings. The standard InChI is InChI=1S/C12H9F3I4O4S/c1-4(2)6-7(16)9(18)11(10(19)8(6)17)23-5(12(13,14)15)3-24(20,21)22/h5H,1,3H2,2H3,(H,20,21,22). The Labute approximate surface area is 191 Å². The number of halogens is 7. The first-order valence-corrected chi connectivity index (χ1v) is 11.8. The van der Waals surface area contributed by atoms with Gasteiger partial charge >= 0.3 is 6.18 Å². The Hall–Kier alpha value is 1.38. The third-order valence-electron chi connectivity index (χ3n) is 2.64. The molecule has 1 rings (SSSR count). The summed E-state index contributed by atoms with van der Waals surface area (Å²) in [4.78, 5) is 0. The van der Waals surface area contributed by atoms with Gasteiger partial charge in [0.2, 0.25) is 6.10 Å². The average Bonchev–Trinajstić information content (AvgIpc) is 2.37. The van der Waals surface area contributed by atoms with E-state index in [0.717, 1.165) is 11.1 Å². The van der Waals surface area contributed by atoms with Crippen molar-refractivity contribution in [1.82, 2.24) is 0 Å². The van der Waals surface area contributed by atoms with E-state index in [1.807, 2.05) is 90.4 Å². The van der Waals surface area contributed by atoms with Gasteiger partial charge in [-0.15, -0.1) is 0 Å². The molecule has 0 aliphatic heterocycles. The minimum absolute atomic E-state index is 0.0685. The largest absolute Gasteiger partial charge is 0.477 e. The van der Waals surface area contributed by atoms with Crippen molar-refractivity contribution >= 4 is 106 Å². The van der Waals surface area contributed by atoms with Crippen molar-refractivity contribution in [3.05, 3.63) is 26.4 Å². The molecule has 0 amide bonds. The van der Waals surface area contributed by atoms with E-state index < -0.39 is 28.2 Å². The van der Waals surface area contributed by atoms with E-state index in [9.17, 15) is 21.6 Å². The van der Waals surface area contributed by atoms with Crippen LogP contribution in [-0.4, -0.2) is 31.0 Å². The zero-order valence-corrected chi connectivity index (χ0v) is 21.2. The number of hydrogen-bond donors (Lipinski definition) is 1. The molecule has 0 bridgehead atoms. The molecule has 0 fully saturated rings. The van der Waals surface area contributed by atoms with Gasteiger partial charge in [-0.1, -0.05) is 6.58 Å². The van der Waals surface area contributed by atoms with Crippen LogP contribution < -0.4 is 4.74 Å². The number of alkyl halides is 3. The van der Waals surface area contributed by atoms with E-state index in [4.69, 9.17) is 9.29 Å². The van der Waals surface area contributed by atoms with Crippen LogP contribution in [0.1, 0.15) is 12.5 Å². The van der Waals surface area contributed by atoms with Gasteiger partial charge in [0.25, 0.3) is 10.1 Å². The summed E-state index contributed by atoms with van der Waals surface area (Å²) in [6.07, 6.45) is -7.62. The Morgan fingerprint density at radius 2 is 1.58 bits per heavy atom. The molecular weight excluding hydrogens is 805 g/mol. The summed E-state index contributed by atoms with van der Waals surface area (Å²) < 4.78 is 76.9. The van der Waals surface area contributed by atoms with Crippen LogP contribution in [0.15, 0.2) is 6.58 Å². The summed E-state index contributed by atoms with van der Waals surface area (Å²) in [5, 5.41) is 0. The third kappa shape index (κ3) is 5.95. The molecule has 1 atom stereocenters. The number of ether oxygens (including phenoxy) is 1. The van der Waals surface area contributed by atoms with E-state index in [2.05, 4.69) is 6.58 Å². The van der Waals surface area contributed by atoms with Crippen molar-refractivity contribution in [2.45, 2.75) is 19.2 Å². The highest BCUT2D eigenvalue weighted by Gasteiger charge is 2.45. The fourth-order valence-corrected chi connectivity index (χ4v) is 6.57. The number of benzene rings is 1. The second-order valence-corrected chi connectivity index (χ2v) is 10.4. The summed E-state index contributed by atoms with van der Waals surface area (Å²) in [7, 11) is -4.86. The lowest BCUT2D eigenvalue weighted by molar-refractivity contribution is -0.188. The van der Waals surface area contributed by atoms with Crippen molar-refractivity contribution in [1.29, 1.82) is 0 Å². The summed E-state index contributed by atoms with van der Waals surface area (Å²) in [6, 6.07) is 0. The molecule has 1 N–H and O–H groups in total. The lowest BCUT2D eigenvalue weighted by atomic mass is 10.1. The molecule has 0 aliphatic carbocycles. The molecule has 0 spiro atoms. The van der Waals surface area contributed by atoms with Crippen LogP contribution in [0.3, 0.4) is 0 Å². The smallest absolute Gasteiger partial charge is 0.426 e. The van der Waals surface area contributed by atoms with Crippen LogP contribution in [0.5, 0.6) is 5.75 Å². The molecule has 24 heavy (non-hydrogen) atoms. The normalized spacial score (nSPS) is 13.7. The fraction of sp³-hybridized carbons (Fsp3) is 0.333. The molecule has 0 radical (unpaired) electrons. The van der Waals surface area contributed by atoms with Crippen LogP contribution in [0.25, 0.3) is 5.57 Å². The van der Waals surface area contributed by atoms with Crippen molar-refractivity contribution in [3.8, 4) is 5.75 Å². The van der Waals surface area contributed by atoms with Gasteiger partial charge in [0.05, 0.1) is 7.14 Å². The van der Waals surface area contributed by atoms with E-state index >= 15 is 0 Å². The van der Waals surface area contributed by atoms with Gasteiger partial charge in [0, 0.05) is 12.7 Å². The molecule has 0 aromatic heterocycles. The van der Waals surface area contributed by atoms with Crippen LogP contribution >= 0.6 is 90.4 Å². The Morgan fingerprint density at radius 3 is 1.88 bits per heavy atom. The van der Waals surface area contributed by atoms with Gasteiger partial charge in [-0.25, -0.2) is 0 Å². The highest BCUT2D eigenvalue weighted by molar-refractivity contribution is 14.1. The predicted molar refractivity (Wildman–Crippen MR) is 119 cm³/mol. The van der Waals surface area contributed by atoms with Gasteiger partial charge in [0.15, 0.2) is 0 Å². The zero-order valence-electron chi connectivity index (χ0n) is 11.7. The van der Waals surface area contributed by atoms with Crippen molar-refractivity contribution in [2.24, 2.45) is 0 Å². The molecule has 1 aromatic carbocycles. The molecular formula is C12H9F3I4O4S. The Kier molecular flexibility index (Phi) is 8.39. The van der Waals surface area contributed by atoms with E-state index in [0.29, 0.717) is 14.3 Å². The Morgan fingerprint density at radius 1 is 1.17 bits per heavy atom. The minimum Gasteiger partial charge on any atom is -0.477 e. The molecule has 0 saturated heterocycles. The Bertz CT molecular complexity index is 748. The Balaban J connectivity index is 3.49. The maximum atomic E-state index is 13.1. The highest BCUT2D eigenvalue weighted by atomic mass is 127. The molecule has 0 aliphatic rings. The number of hydrogen-bond acceptors (Lipinski definition) is 3. The van der Waals surface area contributed by atoms with Gasteiger partial charge in [-0.3, -0.25) is 4.55 Å². The topological polar surface area (TPSA) is 63.6 Å². The maximum absolute atomic E-state index is 13.1. The SMILES string of the molecule is C=C(C)c1c(I)c(I)c(OC(CS(=O)(=O)O)C(F)(F)F)c(I)c1I. The van der Waals surface area contributed by atoms with Crippen molar-refractivity contribution in [2.75, 3.05) is 5.75 Å².